The predicted molar refractivity (Wildman–Crippen MR) is 154 cm³/mol. The number of imidazole rings is 1. The third kappa shape index (κ3) is 6.39. The van der Waals surface area contributed by atoms with Crippen LogP contribution in [0, 0.1) is 0 Å². The highest BCUT2D eigenvalue weighted by Crippen LogP contribution is 2.21. The van der Waals surface area contributed by atoms with Crippen molar-refractivity contribution in [3.8, 4) is 17.1 Å². The van der Waals surface area contributed by atoms with Crippen molar-refractivity contribution in [2.75, 3.05) is 7.11 Å². The number of methoxy groups -OCH3 is 1. The first-order valence-electron chi connectivity index (χ1n) is 13.1. The summed E-state index contributed by atoms with van der Waals surface area (Å²) in [5, 5.41) is 6.83. The number of benzene rings is 3. The fourth-order valence-corrected chi connectivity index (χ4v) is 4.60. The molecule has 0 bridgehead atoms. The van der Waals surface area contributed by atoms with Crippen LogP contribution >= 0.6 is 0 Å². The van der Waals surface area contributed by atoms with E-state index < -0.39 is 18.0 Å². The smallest absolute Gasteiger partial charge is 0.243 e. The number of hydrogen-bond acceptors (Lipinski definition) is 5. The number of aromatic amines is 2. The number of nitrogens with zero attached hydrogens (tertiary/aromatic N) is 1. The van der Waals surface area contributed by atoms with Crippen molar-refractivity contribution >= 4 is 22.7 Å². The number of amides is 2. The molecule has 0 saturated heterocycles. The molecular weight excluding hydrogens is 504 g/mol. The molecule has 0 fully saturated rings. The Kier molecular flexibility index (Phi) is 8.22. The van der Waals surface area contributed by atoms with Gasteiger partial charge in [0.25, 0.3) is 0 Å². The fraction of sp³-hybridized carbons (Fsp3) is 0.194. The molecule has 0 saturated carbocycles. The minimum absolute atomic E-state index is 0.218. The van der Waals surface area contributed by atoms with Gasteiger partial charge < -0.3 is 31.1 Å². The number of carbonyl (C=O) groups is 2. The molecule has 9 nitrogen and oxygen atoms in total. The Morgan fingerprint density at radius 2 is 1.70 bits per heavy atom. The van der Waals surface area contributed by atoms with E-state index in [1.807, 2.05) is 85.1 Å². The number of ether oxygens (including phenoxy) is 1. The van der Waals surface area contributed by atoms with Crippen molar-refractivity contribution in [2.45, 2.75) is 31.5 Å². The van der Waals surface area contributed by atoms with Gasteiger partial charge in [0.2, 0.25) is 11.8 Å². The molecule has 2 atom stereocenters. The molecule has 5 aromatic rings. The fourth-order valence-electron chi connectivity index (χ4n) is 4.60. The first kappa shape index (κ1) is 26.7. The molecule has 40 heavy (non-hydrogen) atoms. The van der Waals surface area contributed by atoms with Crippen LogP contribution < -0.4 is 21.1 Å². The topological polar surface area (TPSA) is 138 Å². The SMILES string of the molecule is COc1ccc(-c2ncc(C[C@H](NC(=O)[C@@H](N)Cc3c[nH]c4ccccc34)C(=O)NCc3ccccc3)[nH]2)cc1. The average Bonchev–Trinajstić information content (AvgIpc) is 3.63. The standard InChI is InChI=1S/C31H32N6O3/c1-40-24-13-11-21(12-14-24)29-34-19-23(36-29)16-28(31(39)35-17-20-7-3-2-4-8-20)37-30(38)26(32)15-22-18-33-27-10-6-5-9-25(22)27/h2-14,18-19,26,28,33H,15-17,32H2,1H3,(H,34,36)(H,35,39)(H,37,38)/t26-,28-/m0/s1. The molecule has 2 heterocycles. The number of aromatic nitrogens is 3. The largest absolute Gasteiger partial charge is 0.497 e. The minimum Gasteiger partial charge on any atom is -0.497 e. The van der Waals surface area contributed by atoms with E-state index in [-0.39, 0.29) is 12.3 Å². The van der Waals surface area contributed by atoms with Crippen LogP contribution in [-0.4, -0.2) is 46.0 Å². The number of fused-ring (bicyclic) bond motifs is 1. The highest BCUT2D eigenvalue weighted by atomic mass is 16.5. The summed E-state index contributed by atoms with van der Waals surface area (Å²) >= 11 is 0. The molecule has 0 unspecified atom stereocenters. The first-order chi connectivity index (χ1) is 19.5. The maximum Gasteiger partial charge on any atom is 0.243 e. The highest BCUT2D eigenvalue weighted by molar-refractivity contribution is 5.91. The molecular formula is C31H32N6O3. The van der Waals surface area contributed by atoms with Crippen molar-refractivity contribution in [3.05, 3.63) is 108 Å². The Morgan fingerprint density at radius 1 is 0.950 bits per heavy atom. The Hall–Kier alpha value is -4.89. The number of carbonyl (C=O) groups excluding carboxylic acids is 2. The molecule has 6 N–H and O–H groups in total. The molecule has 3 aromatic carbocycles. The Balaban J connectivity index is 1.30. The summed E-state index contributed by atoms with van der Waals surface area (Å²) in [4.78, 5) is 37.5. The van der Waals surface area contributed by atoms with Gasteiger partial charge in [-0.2, -0.15) is 0 Å². The summed E-state index contributed by atoms with van der Waals surface area (Å²) in [5.41, 5.74) is 10.8. The quantitative estimate of drug-likeness (QED) is 0.176. The van der Waals surface area contributed by atoms with E-state index in [1.54, 1.807) is 13.3 Å². The highest BCUT2D eigenvalue weighted by Gasteiger charge is 2.25. The van der Waals surface area contributed by atoms with Crippen LogP contribution in [0.1, 0.15) is 16.8 Å². The average molecular weight is 537 g/mol. The Morgan fingerprint density at radius 3 is 2.48 bits per heavy atom. The molecule has 204 valence electrons. The number of para-hydroxylation sites is 1. The zero-order chi connectivity index (χ0) is 27.9. The monoisotopic (exact) mass is 536 g/mol. The molecule has 5 rings (SSSR count). The van der Waals surface area contributed by atoms with Gasteiger partial charge in [-0.05, 0) is 47.9 Å². The Labute approximate surface area is 232 Å². The minimum atomic E-state index is -0.852. The number of nitrogens with one attached hydrogen (secondary N) is 4. The van der Waals surface area contributed by atoms with E-state index in [1.165, 1.54) is 0 Å². The molecule has 0 radical (unpaired) electrons. The molecule has 0 aliphatic heterocycles. The maximum atomic E-state index is 13.3. The lowest BCUT2D eigenvalue weighted by molar-refractivity contribution is -0.129. The van der Waals surface area contributed by atoms with E-state index in [4.69, 9.17) is 10.5 Å². The summed E-state index contributed by atoms with van der Waals surface area (Å²) in [7, 11) is 1.61. The van der Waals surface area contributed by atoms with E-state index in [9.17, 15) is 9.59 Å². The Bertz CT molecular complexity index is 1580. The third-order valence-electron chi connectivity index (χ3n) is 6.81. The van der Waals surface area contributed by atoms with Crippen molar-refractivity contribution < 1.29 is 14.3 Å². The van der Waals surface area contributed by atoms with Crippen molar-refractivity contribution in [1.29, 1.82) is 0 Å². The second-order valence-corrected chi connectivity index (χ2v) is 9.62. The molecule has 0 spiro atoms. The van der Waals surface area contributed by atoms with Crippen LogP contribution in [0.25, 0.3) is 22.3 Å². The predicted octanol–water partition coefficient (Wildman–Crippen LogP) is 3.48. The van der Waals surface area contributed by atoms with Gasteiger partial charge in [0, 0.05) is 47.5 Å². The van der Waals surface area contributed by atoms with Crippen LogP contribution in [0.2, 0.25) is 0 Å². The van der Waals surface area contributed by atoms with E-state index in [0.717, 1.165) is 33.3 Å². The van der Waals surface area contributed by atoms with Crippen LogP contribution in [0.5, 0.6) is 5.75 Å². The van der Waals surface area contributed by atoms with Crippen LogP contribution in [0.3, 0.4) is 0 Å². The summed E-state index contributed by atoms with van der Waals surface area (Å²) < 4.78 is 5.23. The molecule has 0 aliphatic rings. The summed E-state index contributed by atoms with van der Waals surface area (Å²) in [5.74, 6) is 0.693. The number of hydrogen-bond donors (Lipinski definition) is 5. The summed E-state index contributed by atoms with van der Waals surface area (Å²) in [6.45, 7) is 0.341. The second kappa shape index (κ2) is 12.3. The van der Waals surface area contributed by atoms with Gasteiger partial charge in [0.05, 0.1) is 13.2 Å². The first-order valence-corrected chi connectivity index (χ1v) is 13.1. The van der Waals surface area contributed by atoms with E-state index in [0.29, 0.717) is 24.5 Å². The zero-order valence-corrected chi connectivity index (χ0v) is 22.2. The van der Waals surface area contributed by atoms with E-state index in [2.05, 4.69) is 25.6 Å². The van der Waals surface area contributed by atoms with Crippen molar-refractivity contribution in [1.82, 2.24) is 25.6 Å². The molecule has 0 aliphatic carbocycles. The number of rotatable bonds is 11. The summed E-state index contributed by atoms with van der Waals surface area (Å²) in [6, 6.07) is 23.3. The third-order valence-corrected chi connectivity index (χ3v) is 6.81. The normalized spacial score (nSPS) is 12.6. The second-order valence-electron chi connectivity index (χ2n) is 9.62. The van der Waals surface area contributed by atoms with Crippen LogP contribution in [0.4, 0.5) is 0 Å². The van der Waals surface area contributed by atoms with E-state index >= 15 is 0 Å². The van der Waals surface area contributed by atoms with Gasteiger partial charge >= 0.3 is 0 Å². The lowest BCUT2D eigenvalue weighted by Crippen LogP contribution is -2.53. The number of H-pyrrole nitrogens is 2. The van der Waals surface area contributed by atoms with Crippen molar-refractivity contribution in [2.24, 2.45) is 5.73 Å². The molecule has 9 heteroatoms. The summed E-state index contributed by atoms with van der Waals surface area (Å²) in [6.07, 6.45) is 4.09. The van der Waals surface area contributed by atoms with Crippen LogP contribution in [-0.2, 0) is 29.0 Å². The van der Waals surface area contributed by atoms with Gasteiger partial charge in [-0.15, -0.1) is 0 Å². The van der Waals surface area contributed by atoms with Gasteiger partial charge in [-0.1, -0.05) is 48.5 Å². The lowest BCUT2D eigenvalue weighted by atomic mass is 10.0. The number of nitrogens with two attached hydrogens (primary N) is 1. The lowest BCUT2D eigenvalue weighted by Gasteiger charge is -2.20. The molecule has 2 amide bonds. The van der Waals surface area contributed by atoms with Gasteiger partial charge in [-0.25, -0.2) is 4.98 Å². The maximum absolute atomic E-state index is 13.3. The van der Waals surface area contributed by atoms with Gasteiger partial charge in [-0.3, -0.25) is 9.59 Å². The van der Waals surface area contributed by atoms with Gasteiger partial charge in [0.1, 0.15) is 17.6 Å². The zero-order valence-electron chi connectivity index (χ0n) is 22.2. The van der Waals surface area contributed by atoms with Crippen LogP contribution in [0.15, 0.2) is 91.3 Å². The van der Waals surface area contributed by atoms with Crippen molar-refractivity contribution in [3.63, 3.8) is 0 Å². The molecule has 2 aromatic heterocycles. The van der Waals surface area contributed by atoms with Gasteiger partial charge in [0.15, 0.2) is 0 Å².